The summed E-state index contributed by atoms with van der Waals surface area (Å²) in [6.45, 7) is 2.83. The predicted molar refractivity (Wildman–Crippen MR) is 92.5 cm³/mol. The van der Waals surface area contributed by atoms with E-state index >= 15 is 0 Å². The number of rotatable bonds is 6. The molecule has 1 N–H and O–H groups in total. The number of nitrogens with zero attached hydrogens (tertiary/aromatic N) is 2. The molecule has 3 rings (SSSR count). The smallest absolute Gasteiger partial charge is 0.245 e. The third-order valence-corrected chi connectivity index (χ3v) is 3.86. The SMILES string of the molecule is CCOc1ccc(N2C[C@H](C(=O)N/N=C\c3ccco3)CC2=O)cc1. The van der Waals surface area contributed by atoms with Gasteiger partial charge in [-0.1, -0.05) is 0 Å². The van der Waals surface area contributed by atoms with Crippen molar-refractivity contribution >= 4 is 23.7 Å². The van der Waals surface area contributed by atoms with Crippen LogP contribution in [0.1, 0.15) is 19.1 Å². The average Bonchev–Trinajstić information content (AvgIpc) is 3.26. The van der Waals surface area contributed by atoms with E-state index in [4.69, 9.17) is 9.15 Å². The number of ether oxygens (including phenoxy) is 1. The van der Waals surface area contributed by atoms with E-state index < -0.39 is 5.92 Å². The number of anilines is 1. The van der Waals surface area contributed by atoms with E-state index in [0.29, 0.717) is 18.9 Å². The van der Waals surface area contributed by atoms with Gasteiger partial charge in [0.05, 0.1) is 25.0 Å². The monoisotopic (exact) mass is 341 g/mol. The molecule has 1 atom stereocenters. The Morgan fingerprint density at radius 2 is 2.20 bits per heavy atom. The molecule has 130 valence electrons. The summed E-state index contributed by atoms with van der Waals surface area (Å²) >= 11 is 0. The van der Waals surface area contributed by atoms with E-state index in [1.165, 1.54) is 12.5 Å². The van der Waals surface area contributed by atoms with Crippen molar-refractivity contribution in [2.45, 2.75) is 13.3 Å². The highest BCUT2D eigenvalue weighted by Gasteiger charge is 2.35. The number of carbonyl (C=O) groups excluding carboxylic acids is 2. The maximum Gasteiger partial charge on any atom is 0.245 e. The normalized spacial score (nSPS) is 17.2. The third-order valence-electron chi connectivity index (χ3n) is 3.86. The number of furan rings is 1. The van der Waals surface area contributed by atoms with Gasteiger partial charge in [0.15, 0.2) is 0 Å². The fraction of sp³-hybridized carbons (Fsp3) is 0.278. The Labute approximate surface area is 145 Å². The van der Waals surface area contributed by atoms with Crippen LogP contribution in [0.5, 0.6) is 5.75 Å². The average molecular weight is 341 g/mol. The van der Waals surface area contributed by atoms with Crippen LogP contribution in [0.15, 0.2) is 52.2 Å². The Bertz CT molecular complexity index is 753. The van der Waals surface area contributed by atoms with Crippen molar-refractivity contribution < 1.29 is 18.7 Å². The number of carbonyl (C=O) groups is 2. The number of benzene rings is 1. The van der Waals surface area contributed by atoms with E-state index in [-0.39, 0.29) is 18.2 Å². The summed E-state index contributed by atoms with van der Waals surface area (Å²) in [7, 11) is 0. The lowest BCUT2D eigenvalue weighted by Crippen LogP contribution is -2.30. The summed E-state index contributed by atoms with van der Waals surface area (Å²) in [5, 5.41) is 3.85. The molecule has 0 aliphatic carbocycles. The molecule has 0 unspecified atom stereocenters. The van der Waals surface area contributed by atoms with Crippen LogP contribution < -0.4 is 15.1 Å². The number of hydrogen-bond donors (Lipinski definition) is 1. The second-order valence-corrected chi connectivity index (χ2v) is 5.58. The molecule has 7 nitrogen and oxygen atoms in total. The molecule has 0 spiro atoms. The molecule has 2 heterocycles. The fourth-order valence-electron chi connectivity index (χ4n) is 2.64. The van der Waals surface area contributed by atoms with Gasteiger partial charge in [-0.25, -0.2) is 5.43 Å². The summed E-state index contributed by atoms with van der Waals surface area (Å²) in [5.41, 5.74) is 3.21. The minimum Gasteiger partial charge on any atom is -0.494 e. The lowest BCUT2D eigenvalue weighted by Gasteiger charge is -2.17. The zero-order chi connectivity index (χ0) is 17.6. The first-order valence-electron chi connectivity index (χ1n) is 8.07. The van der Waals surface area contributed by atoms with Gasteiger partial charge in [-0.3, -0.25) is 9.59 Å². The molecule has 1 aromatic carbocycles. The zero-order valence-electron chi connectivity index (χ0n) is 13.8. The molecule has 1 aromatic heterocycles. The standard InChI is InChI=1S/C18H19N3O4/c1-2-24-15-7-5-14(6-8-15)21-12-13(10-17(21)22)18(23)20-19-11-16-4-3-9-25-16/h3-9,11,13H,2,10,12H2,1H3,(H,20,23)/b19-11-/t13-/m1/s1. The fourth-order valence-corrected chi connectivity index (χ4v) is 2.64. The molecule has 1 aliphatic heterocycles. The summed E-state index contributed by atoms with van der Waals surface area (Å²) in [6.07, 6.45) is 3.10. The minimum atomic E-state index is -0.437. The van der Waals surface area contributed by atoms with Crippen LogP contribution >= 0.6 is 0 Å². The van der Waals surface area contributed by atoms with Gasteiger partial charge in [-0.05, 0) is 43.3 Å². The van der Waals surface area contributed by atoms with Gasteiger partial charge in [-0.15, -0.1) is 0 Å². The Morgan fingerprint density at radius 3 is 2.88 bits per heavy atom. The van der Waals surface area contributed by atoms with E-state index in [1.807, 2.05) is 31.2 Å². The van der Waals surface area contributed by atoms with Crippen molar-refractivity contribution in [1.82, 2.24) is 5.43 Å². The van der Waals surface area contributed by atoms with Gasteiger partial charge >= 0.3 is 0 Å². The van der Waals surface area contributed by atoms with Gasteiger partial charge in [0.2, 0.25) is 11.8 Å². The van der Waals surface area contributed by atoms with Crippen LogP contribution in [0, 0.1) is 5.92 Å². The second-order valence-electron chi connectivity index (χ2n) is 5.58. The lowest BCUT2D eigenvalue weighted by atomic mass is 10.1. The lowest BCUT2D eigenvalue weighted by molar-refractivity contribution is -0.126. The van der Waals surface area contributed by atoms with Crippen molar-refractivity contribution in [2.75, 3.05) is 18.1 Å². The van der Waals surface area contributed by atoms with Crippen LogP contribution in [0.4, 0.5) is 5.69 Å². The second kappa shape index (κ2) is 7.65. The van der Waals surface area contributed by atoms with Crippen LogP contribution in [0.2, 0.25) is 0 Å². The van der Waals surface area contributed by atoms with Crippen LogP contribution in [-0.2, 0) is 9.59 Å². The van der Waals surface area contributed by atoms with Gasteiger partial charge < -0.3 is 14.1 Å². The van der Waals surface area contributed by atoms with Gasteiger partial charge in [0.25, 0.3) is 0 Å². The highest BCUT2D eigenvalue weighted by atomic mass is 16.5. The summed E-state index contributed by atoms with van der Waals surface area (Å²) in [5.74, 6) is 0.481. The van der Waals surface area contributed by atoms with Gasteiger partial charge in [0, 0.05) is 18.7 Å². The van der Waals surface area contributed by atoms with Crippen molar-refractivity contribution in [3.05, 3.63) is 48.4 Å². The van der Waals surface area contributed by atoms with Crippen molar-refractivity contribution in [3.8, 4) is 5.75 Å². The van der Waals surface area contributed by atoms with E-state index in [1.54, 1.807) is 17.0 Å². The maximum absolute atomic E-state index is 12.2. The number of hydrogen-bond acceptors (Lipinski definition) is 5. The Morgan fingerprint density at radius 1 is 1.40 bits per heavy atom. The molecule has 1 fully saturated rings. The Kier molecular flexibility index (Phi) is 5.13. The first kappa shape index (κ1) is 16.8. The van der Waals surface area contributed by atoms with Crippen molar-refractivity contribution in [3.63, 3.8) is 0 Å². The number of nitrogens with one attached hydrogen (secondary N) is 1. The zero-order valence-corrected chi connectivity index (χ0v) is 13.8. The Balaban J connectivity index is 1.58. The van der Waals surface area contributed by atoms with Crippen molar-refractivity contribution in [2.24, 2.45) is 11.0 Å². The Hall–Kier alpha value is -3.09. The molecule has 7 heteroatoms. The molecule has 2 amide bonds. The van der Waals surface area contributed by atoms with E-state index in [0.717, 1.165) is 11.4 Å². The van der Waals surface area contributed by atoms with E-state index in [2.05, 4.69) is 10.5 Å². The van der Waals surface area contributed by atoms with Crippen LogP contribution in [0.25, 0.3) is 0 Å². The van der Waals surface area contributed by atoms with Crippen LogP contribution in [0.3, 0.4) is 0 Å². The molecule has 2 aromatic rings. The van der Waals surface area contributed by atoms with Crippen molar-refractivity contribution in [1.29, 1.82) is 0 Å². The largest absolute Gasteiger partial charge is 0.494 e. The highest BCUT2D eigenvalue weighted by Crippen LogP contribution is 2.27. The first-order valence-corrected chi connectivity index (χ1v) is 8.07. The maximum atomic E-state index is 12.2. The molecular weight excluding hydrogens is 322 g/mol. The number of hydrazone groups is 1. The molecular formula is C18H19N3O4. The van der Waals surface area contributed by atoms with Crippen LogP contribution in [-0.4, -0.2) is 31.2 Å². The molecule has 0 saturated carbocycles. The quantitative estimate of drug-likeness (QED) is 0.645. The van der Waals surface area contributed by atoms with Gasteiger partial charge in [0.1, 0.15) is 11.5 Å². The van der Waals surface area contributed by atoms with Gasteiger partial charge in [-0.2, -0.15) is 5.10 Å². The summed E-state index contributed by atoms with van der Waals surface area (Å²) in [6, 6.07) is 10.7. The first-order chi connectivity index (χ1) is 12.2. The summed E-state index contributed by atoms with van der Waals surface area (Å²) < 4.78 is 10.5. The number of amides is 2. The minimum absolute atomic E-state index is 0.0840. The predicted octanol–water partition coefficient (Wildman–Crippen LogP) is 2.18. The third kappa shape index (κ3) is 4.06. The molecule has 1 saturated heterocycles. The molecule has 0 radical (unpaired) electrons. The highest BCUT2D eigenvalue weighted by molar-refractivity contribution is 6.00. The summed E-state index contributed by atoms with van der Waals surface area (Å²) in [4.78, 5) is 26.0. The molecule has 25 heavy (non-hydrogen) atoms. The molecule has 1 aliphatic rings. The molecule has 0 bridgehead atoms. The topological polar surface area (TPSA) is 84.1 Å². The van der Waals surface area contributed by atoms with E-state index in [9.17, 15) is 9.59 Å².